The number of rotatable bonds is 7. The number of aromatic nitrogens is 2. The molecule has 3 aromatic rings. The van der Waals surface area contributed by atoms with E-state index < -0.39 is 8.24 Å². The Kier molecular flexibility index (Phi) is 6.66. The van der Waals surface area contributed by atoms with Crippen LogP contribution in [0.3, 0.4) is 0 Å². The van der Waals surface area contributed by atoms with Gasteiger partial charge in [0, 0.05) is 30.7 Å². The summed E-state index contributed by atoms with van der Waals surface area (Å²) in [7, 11) is -1.90. The Balaban J connectivity index is 1.57. The molecule has 6 heteroatoms. The lowest BCUT2D eigenvalue weighted by Gasteiger charge is -2.43. The molecule has 0 unspecified atom stereocenters. The zero-order valence-electron chi connectivity index (χ0n) is 21.0. The van der Waals surface area contributed by atoms with Gasteiger partial charge in [0.2, 0.25) is 5.91 Å². The van der Waals surface area contributed by atoms with E-state index in [-0.39, 0.29) is 5.91 Å². The molecule has 0 N–H and O–H groups in total. The topological polar surface area (TPSA) is 41.4 Å². The molecule has 4 rings (SSSR count). The number of fused-ring (bicyclic) bond motifs is 1. The predicted molar refractivity (Wildman–Crippen MR) is 140 cm³/mol. The standard InChI is InChI=1S/C27H38N4OSi/c1-20(2)33(21(3)4,22(5)6)31-26-13-12-25(16-24(26)17-28-31)29-14-15-30(27(32)19-29)18-23-10-8-7-9-11-23/h7-13,16-17,20-22H,14-15,18-19H2,1-6H3. The van der Waals surface area contributed by atoms with E-state index in [9.17, 15) is 4.79 Å². The quantitative estimate of drug-likeness (QED) is 0.410. The summed E-state index contributed by atoms with van der Waals surface area (Å²) in [6.07, 6.45) is 2.03. The summed E-state index contributed by atoms with van der Waals surface area (Å²) in [4.78, 5) is 17.1. The Hall–Kier alpha value is -2.60. The second kappa shape index (κ2) is 9.33. The highest BCUT2D eigenvalue weighted by Crippen LogP contribution is 2.43. The number of nitrogens with zero attached hydrogens (tertiary/aromatic N) is 4. The van der Waals surface area contributed by atoms with E-state index in [1.54, 1.807) is 0 Å². The first-order chi connectivity index (χ1) is 15.7. The number of hydrogen-bond donors (Lipinski definition) is 0. The van der Waals surface area contributed by atoms with E-state index in [0.717, 1.165) is 18.8 Å². The SMILES string of the molecule is CC(C)[Si](C(C)C)(C(C)C)n1ncc2cc(N3CCN(Cc4ccccc4)C(=O)C3)ccc21. The van der Waals surface area contributed by atoms with Crippen LogP contribution in [0.25, 0.3) is 10.9 Å². The van der Waals surface area contributed by atoms with Crippen molar-refractivity contribution in [2.45, 2.75) is 64.7 Å². The number of anilines is 1. The molecule has 1 fully saturated rings. The molecule has 1 aliphatic heterocycles. The summed E-state index contributed by atoms with van der Waals surface area (Å²) in [5.41, 5.74) is 5.30. The predicted octanol–water partition coefficient (Wildman–Crippen LogP) is 5.91. The van der Waals surface area contributed by atoms with Crippen LogP contribution >= 0.6 is 0 Å². The molecule has 1 saturated heterocycles. The lowest BCUT2D eigenvalue weighted by Crippen LogP contribution is -2.52. The molecule has 1 aromatic heterocycles. The van der Waals surface area contributed by atoms with Crippen molar-refractivity contribution in [1.29, 1.82) is 0 Å². The van der Waals surface area contributed by atoms with Crippen LogP contribution in [0.5, 0.6) is 0 Å². The van der Waals surface area contributed by atoms with Crippen molar-refractivity contribution >= 4 is 30.7 Å². The van der Waals surface area contributed by atoms with Crippen molar-refractivity contribution in [2.75, 3.05) is 24.5 Å². The maximum absolute atomic E-state index is 12.9. The van der Waals surface area contributed by atoms with Gasteiger partial charge in [-0.05, 0) is 40.4 Å². The molecule has 5 nitrogen and oxygen atoms in total. The Morgan fingerprint density at radius 1 is 0.909 bits per heavy atom. The van der Waals surface area contributed by atoms with Crippen molar-refractivity contribution in [3.05, 3.63) is 60.3 Å². The van der Waals surface area contributed by atoms with Gasteiger partial charge in [-0.25, -0.2) is 0 Å². The highest BCUT2D eigenvalue weighted by atomic mass is 28.3. The van der Waals surface area contributed by atoms with E-state index in [1.165, 1.54) is 16.5 Å². The normalized spacial score (nSPS) is 15.5. The van der Waals surface area contributed by atoms with Gasteiger partial charge in [-0.2, -0.15) is 5.10 Å². The molecule has 0 aliphatic carbocycles. The lowest BCUT2D eigenvalue weighted by atomic mass is 10.1. The van der Waals surface area contributed by atoms with Gasteiger partial charge in [-0.1, -0.05) is 71.9 Å². The molecule has 0 spiro atoms. The van der Waals surface area contributed by atoms with Gasteiger partial charge in [-0.3, -0.25) is 9.14 Å². The van der Waals surface area contributed by atoms with Gasteiger partial charge in [-0.15, -0.1) is 0 Å². The van der Waals surface area contributed by atoms with Gasteiger partial charge >= 0.3 is 0 Å². The number of carbonyl (C=O) groups excluding carboxylic acids is 1. The van der Waals surface area contributed by atoms with Crippen LogP contribution in [0.2, 0.25) is 16.6 Å². The van der Waals surface area contributed by atoms with E-state index in [2.05, 4.69) is 81.1 Å². The first-order valence-electron chi connectivity index (χ1n) is 12.3. The van der Waals surface area contributed by atoms with Gasteiger partial charge in [0.05, 0.1) is 18.3 Å². The van der Waals surface area contributed by atoms with Crippen molar-refractivity contribution in [2.24, 2.45) is 0 Å². The number of carbonyl (C=O) groups is 1. The minimum Gasteiger partial charge on any atom is -0.360 e. The third-order valence-electron chi connectivity index (χ3n) is 7.59. The molecular formula is C27H38N4OSi. The van der Waals surface area contributed by atoms with Crippen LogP contribution in [0, 0.1) is 0 Å². The third-order valence-corrected chi connectivity index (χ3v) is 14.2. The Morgan fingerprint density at radius 2 is 1.58 bits per heavy atom. The molecule has 176 valence electrons. The Bertz CT molecular complexity index is 1080. The van der Waals surface area contributed by atoms with Gasteiger partial charge < -0.3 is 9.80 Å². The van der Waals surface area contributed by atoms with Crippen LogP contribution in [-0.2, 0) is 11.3 Å². The summed E-state index contributed by atoms with van der Waals surface area (Å²) in [5.74, 6) is 0.187. The fourth-order valence-electron chi connectivity index (χ4n) is 6.16. The molecule has 2 aromatic carbocycles. The van der Waals surface area contributed by atoms with E-state index >= 15 is 0 Å². The van der Waals surface area contributed by atoms with E-state index in [4.69, 9.17) is 5.10 Å². The smallest absolute Gasteiger partial charge is 0.242 e. The number of hydrogen-bond acceptors (Lipinski definition) is 3. The second-order valence-electron chi connectivity index (χ2n) is 10.4. The minimum atomic E-state index is -1.90. The second-order valence-corrected chi connectivity index (χ2v) is 16.0. The van der Waals surface area contributed by atoms with Crippen molar-refractivity contribution < 1.29 is 4.79 Å². The fraction of sp³-hybridized carbons (Fsp3) is 0.481. The number of amides is 1. The molecule has 0 saturated carbocycles. The van der Waals surface area contributed by atoms with Crippen LogP contribution in [0.4, 0.5) is 5.69 Å². The van der Waals surface area contributed by atoms with E-state index in [0.29, 0.717) is 29.7 Å². The average Bonchev–Trinajstić information content (AvgIpc) is 3.19. The summed E-state index contributed by atoms with van der Waals surface area (Å²) in [6, 6.07) is 16.9. The molecule has 2 heterocycles. The minimum absolute atomic E-state index is 0.187. The molecule has 33 heavy (non-hydrogen) atoms. The molecule has 1 amide bonds. The Labute approximate surface area is 199 Å². The highest BCUT2D eigenvalue weighted by Gasteiger charge is 2.47. The largest absolute Gasteiger partial charge is 0.360 e. The molecule has 0 bridgehead atoms. The van der Waals surface area contributed by atoms with Crippen LogP contribution in [-0.4, -0.2) is 48.1 Å². The first kappa shape index (κ1) is 23.6. The maximum atomic E-state index is 12.9. The summed E-state index contributed by atoms with van der Waals surface area (Å²) < 4.78 is 2.41. The highest BCUT2D eigenvalue weighted by molar-refractivity contribution is 6.82. The number of benzene rings is 2. The van der Waals surface area contributed by atoms with Crippen molar-refractivity contribution in [3.63, 3.8) is 0 Å². The van der Waals surface area contributed by atoms with Crippen LogP contribution in [0.15, 0.2) is 54.7 Å². The van der Waals surface area contributed by atoms with Gasteiger partial charge in [0.1, 0.15) is 0 Å². The zero-order valence-corrected chi connectivity index (χ0v) is 22.0. The number of piperazine rings is 1. The average molecular weight is 463 g/mol. The molecular weight excluding hydrogens is 424 g/mol. The summed E-state index contributed by atoms with van der Waals surface area (Å²) in [6.45, 7) is 16.9. The first-order valence-corrected chi connectivity index (χ1v) is 14.5. The van der Waals surface area contributed by atoms with Gasteiger partial charge in [0.15, 0.2) is 8.24 Å². The van der Waals surface area contributed by atoms with Crippen LogP contribution in [0.1, 0.15) is 47.1 Å². The summed E-state index contributed by atoms with van der Waals surface area (Å²) >= 11 is 0. The Morgan fingerprint density at radius 3 is 2.18 bits per heavy atom. The molecule has 1 aliphatic rings. The maximum Gasteiger partial charge on any atom is 0.242 e. The van der Waals surface area contributed by atoms with Gasteiger partial charge in [0.25, 0.3) is 0 Å². The summed E-state index contributed by atoms with van der Waals surface area (Å²) in [5, 5.41) is 6.15. The molecule has 0 radical (unpaired) electrons. The van der Waals surface area contributed by atoms with E-state index in [1.807, 2.05) is 29.3 Å². The fourth-order valence-corrected chi connectivity index (χ4v) is 12.5. The lowest BCUT2D eigenvalue weighted by molar-refractivity contribution is -0.131. The van der Waals surface area contributed by atoms with Crippen molar-refractivity contribution in [3.8, 4) is 0 Å². The monoisotopic (exact) mass is 462 g/mol. The molecule has 0 atom stereocenters. The van der Waals surface area contributed by atoms with Crippen LogP contribution < -0.4 is 4.90 Å². The third kappa shape index (κ3) is 4.21. The van der Waals surface area contributed by atoms with Crippen molar-refractivity contribution in [1.82, 2.24) is 14.3 Å². The zero-order chi connectivity index (χ0) is 23.8.